The number of benzene rings is 2. The van der Waals surface area contributed by atoms with Gasteiger partial charge in [0.15, 0.2) is 0 Å². The molecule has 7 aliphatic rings. The molecule has 590 valence electrons. The number of aryl methyl sites for hydroxylation is 1. The molecule has 4 aliphatic heterocycles. The van der Waals surface area contributed by atoms with Crippen LogP contribution < -0.4 is 16.0 Å². The molecule has 1 spiro atoms. The van der Waals surface area contributed by atoms with Crippen LogP contribution in [0.15, 0.2) is 42.5 Å². The van der Waals surface area contributed by atoms with Gasteiger partial charge in [0.2, 0.25) is 70.9 Å². The van der Waals surface area contributed by atoms with E-state index in [9.17, 15) is 50.3 Å². The predicted molar refractivity (Wildman–Crippen MR) is 379 cm³/mol. The molecular weight excluding hydrogens is 1430 g/mol. The Labute approximate surface area is 625 Å². The highest BCUT2D eigenvalue weighted by Crippen LogP contribution is 2.40. The van der Waals surface area contributed by atoms with Gasteiger partial charge in [-0.15, -0.1) is 0 Å². The van der Waals surface area contributed by atoms with Crippen LogP contribution in [0, 0.1) is 17.8 Å². The first-order valence-corrected chi connectivity index (χ1v) is 37.8. The van der Waals surface area contributed by atoms with Crippen molar-refractivity contribution < 1.29 is 88.6 Å². The summed E-state index contributed by atoms with van der Waals surface area (Å²) in [6.07, 6.45) is -2.93. The van der Waals surface area contributed by atoms with Crippen molar-refractivity contribution in [1.82, 2.24) is 60.0 Å². The number of carbonyl (C=O) groups excluding carboxylic acids is 12. The van der Waals surface area contributed by atoms with E-state index in [1.54, 1.807) is 18.7 Å². The highest BCUT2D eigenvalue weighted by Gasteiger charge is 2.53. The smallest absolute Gasteiger partial charge is 0.377 e. The van der Waals surface area contributed by atoms with Crippen LogP contribution in [0.25, 0.3) is 0 Å². The molecule has 2 unspecified atom stereocenters. The van der Waals surface area contributed by atoms with Gasteiger partial charge in [0.05, 0.1) is 67.5 Å². The summed E-state index contributed by atoms with van der Waals surface area (Å²) in [5.74, 6) is -10.3. The van der Waals surface area contributed by atoms with Gasteiger partial charge in [-0.05, 0) is 130 Å². The molecule has 2 aromatic carbocycles. The number of carbonyl (C=O) groups is 12. The maximum atomic E-state index is 16.0. The Morgan fingerprint density at radius 1 is 0.598 bits per heavy atom. The third-order valence-corrected chi connectivity index (χ3v) is 23.7. The van der Waals surface area contributed by atoms with Gasteiger partial charge >= 0.3 is 12.4 Å². The molecule has 12 amide bonds. The number of hydrogen-bond donors (Lipinski definition) is 3. The van der Waals surface area contributed by atoms with Crippen LogP contribution in [-0.4, -0.2) is 264 Å². The lowest BCUT2D eigenvalue weighted by Gasteiger charge is -2.44. The number of hydrogen-bond acceptors (Lipinski definition) is 13. The third kappa shape index (κ3) is 19.1. The topological polar surface area (TPSA) is 279 Å². The quantitative estimate of drug-likeness (QED) is 0.236. The first kappa shape index (κ1) is 83.0. The first-order valence-electron chi connectivity index (χ1n) is 37.4. The fraction of sp³-hybridized carbons (Fsp3) is 0.680. The Balaban J connectivity index is 1.09. The number of amides is 12. The van der Waals surface area contributed by atoms with E-state index < -0.39 is 197 Å². The van der Waals surface area contributed by atoms with Crippen molar-refractivity contribution in [3.63, 3.8) is 0 Å². The fourth-order valence-electron chi connectivity index (χ4n) is 16.5. The van der Waals surface area contributed by atoms with Gasteiger partial charge in [-0.1, -0.05) is 88.6 Å². The summed E-state index contributed by atoms with van der Waals surface area (Å²) in [5, 5.41) is 7.97. The summed E-state index contributed by atoms with van der Waals surface area (Å²) in [5.41, 5.74) is -3.41. The van der Waals surface area contributed by atoms with Crippen molar-refractivity contribution in [1.29, 1.82) is 0 Å². The predicted octanol–water partition coefficient (Wildman–Crippen LogP) is 5.85. The lowest BCUT2D eigenvalue weighted by atomic mass is 9.78. The number of rotatable bonds is 10. The van der Waals surface area contributed by atoms with Crippen molar-refractivity contribution >= 4 is 82.5 Å². The number of halogens is 7. The first-order chi connectivity index (χ1) is 50.5. The van der Waals surface area contributed by atoms with E-state index in [0.29, 0.717) is 70.6 Å². The Hall–Kier alpha value is -8.09. The van der Waals surface area contributed by atoms with E-state index in [1.165, 1.54) is 68.9 Å². The number of ether oxygens (including phenoxy) is 1. The van der Waals surface area contributed by atoms with Gasteiger partial charge < -0.3 is 64.8 Å². The molecule has 4 saturated heterocycles. The maximum Gasteiger partial charge on any atom is 0.417 e. The Kier molecular flexibility index (Phi) is 27.2. The van der Waals surface area contributed by atoms with Crippen LogP contribution >= 0.6 is 11.6 Å². The Bertz CT molecular complexity index is 3610. The molecule has 3 saturated carbocycles. The molecular formula is C75H103ClF6N12O13. The number of nitrogens with zero attached hydrogens (tertiary/aromatic N) is 9. The maximum absolute atomic E-state index is 16.0. The van der Waals surface area contributed by atoms with E-state index in [-0.39, 0.29) is 81.5 Å². The van der Waals surface area contributed by atoms with Crippen molar-refractivity contribution in [3.05, 3.63) is 69.7 Å². The highest BCUT2D eigenvalue weighted by atomic mass is 35.5. The summed E-state index contributed by atoms with van der Waals surface area (Å²) >= 11 is 6.14. The number of morpholine rings is 1. The zero-order valence-electron chi connectivity index (χ0n) is 62.5. The van der Waals surface area contributed by atoms with Gasteiger partial charge in [0.25, 0.3) is 0 Å². The van der Waals surface area contributed by atoms with Crippen LogP contribution in [0.3, 0.4) is 0 Å². The summed E-state index contributed by atoms with van der Waals surface area (Å²) in [4.78, 5) is 192. The van der Waals surface area contributed by atoms with Gasteiger partial charge in [0.1, 0.15) is 47.8 Å². The standard InChI is InChI=1S/C75H103ClF6N12O13/c1-10-44(2)62-70(104)88(5)40-60(97)86(3)41-61(98)89(6)56(37-46-23-27-49(28-24-46)74(77,78)79)68(102)87(4)39-58(95)83-54(32-26-45-25-31-52(53(76)36-45)75(80,81)82)67(101)93-35-17-22-55(93)65(99)85-73(33-14-15-34-73)72(106)92(9)64(48-18-12-11-13-19-48)71(105)90(7)57(69(103)94-50-29-30-51(94)43-107-42-50)38-59(96)91(8)63(66(100)84-62)47-20-16-21-47/h23-25,27-28,31,36,44,47-48,50-51,54-57,62-64H,10-22,26,29-30,32-35,37-43H2,1-9H3,(H,83,95)(H,84,100)(H,85,99)/t44-,50?,51?,54-,55-,56-,57-,62-,63-,64-/m0/s1. The van der Waals surface area contributed by atoms with Gasteiger partial charge in [0, 0.05) is 62.3 Å². The second-order valence-electron chi connectivity index (χ2n) is 30.6. The molecule has 10 atom stereocenters. The molecule has 9 rings (SSSR count). The Morgan fingerprint density at radius 2 is 1.20 bits per heavy atom. The molecule has 2 aromatic rings. The van der Waals surface area contributed by atoms with Crippen molar-refractivity contribution in [3.8, 4) is 0 Å². The van der Waals surface area contributed by atoms with Gasteiger partial charge in [-0.25, -0.2) is 0 Å². The minimum Gasteiger partial charge on any atom is -0.377 e. The molecule has 25 nitrogen and oxygen atoms in total. The summed E-state index contributed by atoms with van der Waals surface area (Å²) < 4.78 is 89.1. The van der Waals surface area contributed by atoms with Crippen LogP contribution in [0.5, 0.6) is 0 Å². The SMILES string of the molecule is CC[C@H](C)[C@@H]1NC(=O)[C@H](C2CCC2)N(C)C(=O)C[C@@H](C(=O)N2C3CCC2COC3)N(C)C(=O)[C@H](C2CCCCC2)N(C)C(=O)C2(CCCC2)NC(=O)[C@@H]2CCCN2C(=O)[C@H](CCc2ccc(C(F)(F)F)c(Cl)c2)NC(=O)CN(C)C(=O)[C@H](Cc2ccc(C(F)(F)F)cc2)N(C)C(=O)CN(C)C(=O)CN(C)C1=O. The normalized spacial score (nSPS) is 27.6. The zero-order valence-corrected chi connectivity index (χ0v) is 63.3. The second kappa shape index (κ2) is 35.1. The lowest BCUT2D eigenvalue weighted by molar-refractivity contribution is -0.160. The van der Waals surface area contributed by atoms with Crippen molar-refractivity contribution in [2.75, 3.05) is 88.7 Å². The lowest BCUT2D eigenvalue weighted by Crippen LogP contribution is -2.65. The minimum atomic E-state index is -4.81. The second-order valence-corrected chi connectivity index (χ2v) is 31.0. The minimum absolute atomic E-state index is 0.0436. The van der Waals surface area contributed by atoms with E-state index >= 15 is 33.6 Å². The molecule has 3 aliphatic carbocycles. The van der Waals surface area contributed by atoms with E-state index in [4.69, 9.17) is 16.3 Å². The average Bonchev–Trinajstić information content (AvgIpc) is 1.59. The van der Waals surface area contributed by atoms with E-state index in [1.807, 2.05) is 0 Å². The molecule has 4 heterocycles. The van der Waals surface area contributed by atoms with E-state index in [0.717, 1.165) is 74.9 Å². The van der Waals surface area contributed by atoms with Crippen LogP contribution in [0.1, 0.15) is 158 Å². The highest BCUT2D eigenvalue weighted by molar-refractivity contribution is 6.31. The molecule has 2 bridgehead atoms. The fourth-order valence-corrected chi connectivity index (χ4v) is 16.8. The Morgan fingerprint density at radius 3 is 1.79 bits per heavy atom. The van der Waals surface area contributed by atoms with Gasteiger partial charge in [-0.3, -0.25) is 57.5 Å². The summed E-state index contributed by atoms with van der Waals surface area (Å²) in [7, 11) is 9.35. The van der Waals surface area contributed by atoms with Gasteiger partial charge in [-0.2, -0.15) is 26.3 Å². The van der Waals surface area contributed by atoms with Crippen LogP contribution in [-0.2, 0) is 87.5 Å². The molecule has 7 fully saturated rings. The zero-order chi connectivity index (χ0) is 78.3. The number of fused-ring (bicyclic) bond motifs is 3. The van der Waals surface area contributed by atoms with Crippen molar-refractivity contribution in [2.24, 2.45) is 17.8 Å². The van der Waals surface area contributed by atoms with Crippen LogP contribution in [0.4, 0.5) is 26.3 Å². The molecule has 107 heavy (non-hydrogen) atoms. The van der Waals surface area contributed by atoms with E-state index in [2.05, 4.69) is 16.0 Å². The monoisotopic (exact) mass is 1530 g/mol. The number of nitrogens with one attached hydrogen (secondary N) is 3. The molecule has 3 N–H and O–H groups in total. The molecule has 0 aromatic heterocycles. The third-order valence-electron chi connectivity index (χ3n) is 23.4. The number of alkyl halides is 6. The average molecular weight is 1530 g/mol. The largest absolute Gasteiger partial charge is 0.417 e. The summed E-state index contributed by atoms with van der Waals surface area (Å²) in [6, 6.07) is -3.53. The van der Waals surface area contributed by atoms with Crippen molar-refractivity contribution in [2.45, 2.75) is 221 Å². The molecule has 32 heteroatoms. The molecule has 0 radical (unpaired) electrons. The van der Waals surface area contributed by atoms with Crippen LogP contribution in [0.2, 0.25) is 5.02 Å². The summed E-state index contributed by atoms with van der Waals surface area (Å²) in [6.45, 7) is 1.72. The number of likely N-dealkylation sites (N-methyl/N-ethyl adjacent to an activating group) is 7.